The van der Waals surface area contributed by atoms with Gasteiger partial charge in [-0.25, -0.2) is 9.97 Å². The fraction of sp³-hybridized carbons (Fsp3) is 0.542. The molecule has 3 heterocycles. The quantitative estimate of drug-likeness (QED) is 0.669. The van der Waals surface area contributed by atoms with Gasteiger partial charge in [0.25, 0.3) is 5.91 Å². The Hall–Kier alpha value is -2.42. The van der Waals surface area contributed by atoms with Crippen molar-refractivity contribution in [2.45, 2.75) is 39.2 Å². The third-order valence-corrected chi connectivity index (χ3v) is 7.11. The van der Waals surface area contributed by atoms with Gasteiger partial charge >= 0.3 is 0 Å². The van der Waals surface area contributed by atoms with Gasteiger partial charge < -0.3 is 20.9 Å². The third kappa shape index (κ3) is 5.39. The first-order valence-electron chi connectivity index (χ1n) is 11.8. The van der Waals surface area contributed by atoms with Crippen molar-refractivity contribution < 1.29 is 4.79 Å². The Bertz CT molecular complexity index is 999. The van der Waals surface area contributed by atoms with Crippen LogP contribution in [0.1, 0.15) is 41.5 Å². The molecule has 0 unspecified atom stereocenters. The minimum Gasteiger partial charge on any atom is -0.369 e. The number of halogens is 1. The minimum absolute atomic E-state index is 0.100. The second-order valence-corrected chi connectivity index (χ2v) is 9.42. The van der Waals surface area contributed by atoms with Crippen LogP contribution in [0.15, 0.2) is 18.2 Å². The Kier molecular flexibility index (Phi) is 7.36. The van der Waals surface area contributed by atoms with E-state index in [2.05, 4.69) is 56.1 Å². The molecule has 9 heteroatoms. The lowest BCUT2D eigenvalue weighted by molar-refractivity contribution is 0.0996. The molecule has 178 valence electrons. The van der Waals surface area contributed by atoms with Gasteiger partial charge in [-0.15, -0.1) is 0 Å². The zero-order valence-corrected chi connectivity index (χ0v) is 20.5. The number of hydrogen-bond donors (Lipinski definition) is 2. The van der Waals surface area contributed by atoms with Gasteiger partial charge in [-0.2, -0.15) is 0 Å². The van der Waals surface area contributed by atoms with Crippen LogP contribution in [0.2, 0.25) is 5.15 Å². The highest BCUT2D eigenvalue weighted by atomic mass is 35.5. The van der Waals surface area contributed by atoms with Gasteiger partial charge in [0.2, 0.25) is 0 Å². The highest BCUT2D eigenvalue weighted by molar-refractivity contribution is 6.30. The number of nitrogens with one attached hydrogen (secondary N) is 1. The summed E-state index contributed by atoms with van der Waals surface area (Å²) in [6.07, 6.45) is 3.12. The molecule has 2 aromatic rings. The van der Waals surface area contributed by atoms with Crippen LogP contribution in [0.3, 0.4) is 0 Å². The molecule has 2 aliphatic heterocycles. The second kappa shape index (κ2) is 10.2. The molecule has 3 N–H and O–H groups in total. The topological polar surface area (TPSA) is 90.6 Å². The van der Waals surface area contributed by atoms with Gasteiger partial charge in [0, 0.05) is 43.6 Å². The summed E-state index contributed by atoms with van der Waals surface area (Å²) in [5.41, 5.74) is 9.41. The predicted molar refractivity (Wildman–Crippen MR) is 134 cm³/mol. The van der Waals surface area contributed by atoms with Gasteiger partial charge in [-0.3, -0.25) is 9.69 Å². The third-order valence-electron chi connectivity index (χ3n) is 6.81. The Balaban J connectivity index is 1.43. The van der Waals surface area contributed by atoms with E-state index in [4.69, 9.17) is 17.3 Å². The predicted octanol–water partition coefficient (Wildman–Crippen LogP) is 3.06. The number of carbonyl (C=O) groups is 1. The maximum atomic E-state index is 11.9. The maximum absolute atomic E-state index is 11.9. The molecule has 0 spiro atoms. The van der Waals surface area contributed by atoms with Crippen molar-refractivity contribution in [3.05, 3.63) is 40.3 Å². The van der Waals surface area contributed by atoms with E-state index in [0.29, 0.717) is 12.1 Å². The Morgan fingerprint density at radius 1 is 1.15 bits per heavy atom. The Labute approximate surface area is 201 Å². The fourth-order valence-corrected chi connectivity index (χ4v) is 5.11. The molecule has 1 aromatic carbocycles. The van der Waals surface area contributed by atoms with Gasteiger partial charge in [-0.05, 0) is 70.1 Å². The number of hydrogen-bond acceptors (Lipinski definition) is 7. The lowest BCUT2D eigenvalue weighted by atomic mass is 10.0. The molecular formula is C24H34ClN7O. The van der Waals surface area contributed by atoms with Crippen molar-refractivity contribution in [2.75, 3.05) is 56.5 Å². The van der Waals surface area contributed by atoms with E-state index in [1.54, 1.807) is 0 Å². The molecule has 0 atom stereocenters. The van der Waals surface area contributed by atoms with Crippen LogP contribution < -0.4 is 16.0 Å². The molecule has 8 nitrogen and oxygen atoms in total. The Morgan fingerprint density at radius 2 is 1.85 bits per heavy atom. The highest BCUT2D eigenvalue weighted by Gasteiger charge is 2.27. The molecule has 33 heavy (non-hydrogen) atoms. The van der Waals surface area contributed by atoms with E-state index in [-0.39, 0.29) is 16.7 Å². The summed E-state index contributed by atoms with van der Waals surface area (Å²) in [7, 11) is 2.21. The molecule has 2 saturated heterocycles. The minimum atomic E-state index is -0.632. The van der Waals surface area contributed by atoms with Crippen molar-refractivity contribution in [1.29, 1.82) is 0 Å². The average molecular weight is 472 g/mol. The number of aryl methyl sites for hydroxylation is 2. The molecular weight excluding hydrogens is 438 g/mol. The van der Waals surface area contributed by atoms with Crippen LogP contribution >= 0.6 is 11.6 Å². The van der Waals surface area contributed by atoms with E-state index >= 15 is 0 Å². The van der Waals surface area contributed by atoms with Gasteiger partial charge in [0.05, 0.1) is 5.69 Å². The molecule has 1 aromatic heterocycles. The first-order valence-corrected chi connectivity index (χ1v) is 12.1. The number of rotatable bonds is 6. The molecule has 2 aliphatic rings. The van der Waals surface area contributed by atoms with E-state index in [1.807, 2.05) is 13.0 Å². The SMILES string of the molecule is CCc1nc(C(N)=O)c(Nc2ccc(N3CCN(C4CCN(C)CC4)CC3)c(C)c2)nc1Cl. The molecule has 0 saturated carbocycles. The summed E-state index contributed by atoms with van der Waals surface area (Å²) in [5.74, 6) is -0.351. The lowest BCUT2D eigenvalue weighted by Crippen LogP contribution is -2.53. The Morgan fingerprint density at radius 3 is 2.45 bits per heavy atom. The van der Waals surface area contributed by atoms with Crippen molar-refractivity contribution in [3.8, 4) is 0 Å². The van der Waals surface area contributed by atoms with Gasteiger partial charge in [0.1, 0.15) is 0 Å². The monoisotopic (exact) mass is 471 g/mol. The van der Waals surface area contributed by atoms with Crippen LogP contribution in [0, 0.1) is 6.92 Å². The number of anilines is 3. The zero-order chi connectivity index (χ0) is 23.5. The number of nitrogens with two attached hydrogens (primary N) is 1. The van der Waals surface area contributed by atoms with Crippen LogP contribution in [0.25, 0.3) is 0 Å². The van der Waals surface area contributed by atoms with E-state index in [9.17, 15) is 4.79 Å². The van der Waals surface area contributed by atoms with Gasteiger partial charge in [-0.1, -0.05) is 18.5 Å². The number of aromatic nitrogens is 2. The van der Waals surface area contributed by atoms with Crippen molar-refractivity contribution in [3.63, 3.8) is 0 Å². The highest BCUT2D eigenvalue weighted by Crippen LogP contribution is 2.28. The smallest absolute Gasteiger partial charge is 0.271 e. The number of carbonyl (C=O) groups excluding carboxylic acids is 1. The summed E-state index contributed by atoms with van der Waals surface area (Å²) in [6.45, 7) is 10.7. The van der Waals surface area contributed by atoms with Crippen LogP contribution in [0.4, 0.5) is 17.2 Å². The molecule has 0 radical (unpaired) electrons. The number of likely N-dealkylation sites (tertiary alicyclic amines) is 1. The van der Waals surface area contributed by atoms with Gasteiger partial charge in [0.15, 0.2) is 16.7 Å². The number of piperazine rings is 1. The number of amides is 1. The van der Waals surface area contributed by atoms with Crippen LogP contribution in [-0.4, -0.2) is 78.0 Å². The zero-order valence-electron chi connectivity index (χ0n) is 19.8. The first kappa shape index (κ1) is 23.7. The number of benzene rings is 1. The molecule has 2 fully saturated rings. The normalized spacial score (nSPS) is 18.5. The fourth-order valence-electron chi connectivity index (χ4n) is 4.85. The van der Waals surface area contributed by atoms with Crippen molar-refractivity contribution in [2.24, 2.45) is 5.73 Å². The second-order valence-electron chi connectivity index (χ2n) is 9.06. The molecule has 4 rings (SSSR count). The largest absolute Gasteiger partial charge is 0.369 e. The van der Waals surface area contributed by atoms with Crippen LogP contribution in [-0.2, 0) is 6.42 Å². The van der Waals surface area contributed by atoms with Crippen molar-refractivity contribution in [1.82, 2.24) is 19.8 Å². The first-order chi connectivity index (χ1) is 15.9. The summed E-state index contributed by atoms with van der Waals surface area (Å²) < 4.78 is 0. The van der Waals surface area contributed by atoms with E-state index in [1.165, 1.54) is 31.6 Å². The van der Waals surface area contributed by atoms with Crippen LogP contribution in [0.5, 0.6) is 0 Å². The van der Waals surface area contributed by atoms with E-state index < -0.39 is 5.91 Å². The molecule has 0 bridgehead atoms. The maximum Gasteiger partial charge on any atom is 0.271 e. The molecule has 0 aliphatic carbocycles. The molecule has 1 amide bonds. The van der Waals surface area contributed by atoms with Crippen molar-refractivity contribution >= 4 is 34.7 Å². The summed E-state index contributed by atoms with van der Waals surface area (Å²) >= 11 is 6.23. The summed E-state index contributed by atoms with van der Waals surface area (Å²) in [5, 5.41) is 3.46. The standard InChI is InChI=1S/C24H34ClN7O/c1-4-19-22(25)29-24(21(28-19)23(26)33)27-17-5-6-20(16(2)15-17)32-13-11-31(12-14-32)18-7-9-30(3)10-8-18/h5-6,15,18H,4,7-14H2,1-3H3,(H2,26,33)(H,27,29). The lowest BCUT2D eigenvalue weighted by Gasteiger charge is -2.43. The van der Waals surface area contributed by atoms with E-state index in [0.717, 1.165) is 43.5 Å². The summed E-state index contributed by atoms with van der Waals surface area (Å²) in [6, 6.07) is 6.91. The average Bonchev–Trinajstić information content (AvgIpc) is 2.80. The number of primary amides is 1. The number of piperidine rings is 1. The number of nitrogens with zero attached hydrogens (tertiary/aromatic N) is 5. The summed E-state index contributed by atoms with van der Waals surface area (Å²) in [4.78, 5) is 28.1.